The minimum atomic E-state index is -5.69. The summed E-state index contributed by atoms with van der Waals surface area (Å²) >= 11 is 0. The summed E-state index contributed by atoms with van der Waals surface area (Å²) in [5.41, 5.74) is -3.31. The minimum absolute atomic E-state index is 0.107. The minimum Gasteiger partial charge on any atom is -0.383 e. The molecule has 0 N–H and O–H groups in total. The fraction of sp³-hybridized carbons (Fsp3) is 0.727. The van der Waals surface area contributed by atoms with E-state index in [1.165, 1.54) is 6.07 Å². The molecule has 2 unspecified atom stereocenters. The Morgan fingerprint density at radius 1 is 1.26 bits per heavy atom. The summed E-state index contributed by atoms with van der Waals surface area (Å²) in [6.07, 6.45) is 5.17. The third kappa shape index (κ3) is 2.85. The van der Waals surface area contributed by atoms with Crippen LogP contribution in [0.25, 0.3) is 0 Å². The topological polar surface area (TPSA) is 55.8 Å². The van der Waals surface area contributed by atoms with Crippen molar-refractivity contribution in [2.45, 2.75) is 56.0 Å². The molecule has 1 aromatic carbocycles. The normalized spacial score (nSPS) is 36.9. The zero-order valence-electron chi connectivity index (χ0n) is 17.7. The number of hydrogen-bond acceptors (Lipinski definition) is 5. The van der Waals surface area contributed by atoms with Crippen LogP contribution in [-0.2, 0) is 26.7 Å². The first-order valence-corrected chi connectivity index (χ1v) is 12.3. The average Bonchev–Trinajstić information content (AvgIpc) is 3.06. The Bertz CT molecular complexity index is 997. The van der Waals surface area contributed by atoms with Crippen molar-refractivity contribution in [1.29, 1.82) is 0 Å². The molecule has 9 heteroatoms. The summed E-state index contributed by atoms with van der Waals surface area (Å²) in [5.74, 6) is 0.573. The summed E-state index contributed by atoms with van der Waals surface area (Å²) in [5, 5.41) is 0. The number of rotatable bonds is 5. The van der Waals surface area contributed by atoms with Gasteiger partial charge < -0.3 is 8.92 Å². The summed E-state index contributed by atoms with van der Waals surface area (Å²) in [6, 6.07) is 5.15. The van der Waals surface area contributed by atoms with Crippen molar-refractivity contribution in [3.63, 3.8) is 0 Å². The van der Waals surface area contributed by atoms with Crippen molar-refractivity contribution in [3.8, 4) is 5.75 Å². The summed E-state index contributed by atoms with van der Waals surface area (Å²) in [7, 11) is -3.98. The number of fused-ring (bicyclic) bond motifs is 2. The van der Waals surface area contributed by atoms with E-state index in [9.17, 15) is 21.6 Å². The van der Waals surface area contributed by atoms with Gasteiger partial charge in [0.2, 0.25) is 0 Å². The molecule has 0 amide bonds. The molecule has 3 aliphatic carbocycles. The van der Waals surface area contributed by atoms with Crippen molar-refractivity contribution < 1.29 is 30.5 Å². The van der Waals surface area contributed by atoms with Crippen LogP contribution in [0.2, 0.25) is 0 Å². The van der Waals surface area contributed by atoms with E-state index < -0.39 is 15.6 Å². The monoisotopic (exact) mass is 459 g/mol. The largest absolute Gasteiger partial charge is 0.534 e. The number of piperidine rings is 1. The highest BCUT2D eigenvalue weighted by Crippen LogP contribution is 2.72. The van der Waals surface area contributed by atoms with Gasteiger partial charge in [-0.05, 0) is 59.8 Å². The number of benzene rings is 1. The van der Waals surface area contributed by atoms with Gasteiger partial charge in [0.1, 0.15) is 5.75 Å². The number of halogens is 3. The summed E-state index contributed by atoms with van der Waals surface area (Å²) < 4.78 is 71.6. The van der Waals surface area contributed by atoms with Crippen LogP contribution in [0.3, 0.4) is 0 Å². The van der Waals surface area contributed by atoms with E-state index in [1.807, 2.05) is 0 Å². The second-order valence-electron chi connectivity index (χ2n) is 9.86. The summed E-state index contributed by atoms with van der Waals surface area (Å²) in [4.78, 5) is 2.56. The molecule has 5 rings (SSSR count). The van der Waals surface area contributed by atoms with Crippen molar-refractivity contribution >= 4 is 10.1 Å². The van der Waals surface area contributed by atoms with E-state index in [1.54, 1.807) is 19.2 Å². The molecule has 3 fully saturated rings. The Balaban J connectivity index is 1.57. The standard InChI is InChI=1S/C22H28F3NO4S/c1-20-12-14-6-7-15(30-31(27,28)22(23,24)25)11-17(14)21-8-4-3-5-16(21)19(20)26(9-10-29-2)13-18(20)21/h6-7,11,16,18-19H,3-5,8-10,12-13H2,1-2H3/t16-,18?,19-,20-,21?/m0/s1. The van der Waals surface area contributed by atoms with Crippen molar-refractivity contribution in [2.75, 3.05) is 26.8 Å². The zero-order valence-corrected chi connectivity index (χ0v) is 18.6. The highest BCUT2D eigenvalue weighted by molar-refractivity contribution is 7.88. The molecular formula is C22H28F3NO4S. The lowest BCUT2D eigenvalue weighted by Crippen LogP contribution is -2.53. The van der Waals surface area contributed by atoms with Crippen LogP contribution in [0.1, 0.15) is 43.7 Å². The number of methoxy groups -OCH3 is 1. The Morgan fingerprint density at radius 2 is 2.03 bits per heavy atom. The number of nitrogens with zero attached hydrogens (tertiary/aromatic N) is 1. The lowest BCUT2D eigenvalue weighted by atomic mass is 9.54. The first-order chi connectivity index (χ1) is 14.5. The molecule has 0 radical (unpaired) electrons. The Hall–Kier alpha value is -1.32. The van der Waals surface area contributed by atoms with Crippen LogP contribution in [0.15, 0.2) is 18.2 Å². The highest BCUT2D eigenvalue weighted by atomic mass is 32.2. The molecule has 1 heterocycles. The first kappa shape index (κ1) is 21.5. The summed E-state index contributed by atoms with van der Waals surface area (Å²) in [6.45, 7) is 4.89. The van der Waals surface area contributed by atoms with Gasteiger partial charge in [-0.1, -0.05) is 25.8 Å². The second-order valence-corrected chi connectivity index (χ2v) is 11.4. The number of ether oxygens (including phenoxy) is 1. The van der Waals surface area contributed by atoms with Gasteiger partial charge in [0.15, 0.2) is 0 Å². The fourth-order valence-corrected chi connectivity index (χ4v) is 8.16. The number of likely N-dealkylation sites (tertiary alicyclic amines) is 1. The van der Waals surface area contributed by atoms with E-state index in [0.717, 1.165) is 56.3 Å². The van der Waals surface area contributed by atoms with Crippen LogP contribution in [0, 0.1) is 17.3 Å². The van der Waals surface area contributed by atoms with Gasteiger partial charge in [-0.15, -0.1) is 0 Å². The van der Waals surface area contributed by atoms with E-state index in [2.05, 4.69) is 16.0 Å². The van der Waals surface area contributed by atoms with Gasteiger partial charge in [-0.3, -0.25) is 4.90 Å². The van der Waals surface area contributed by atoms with Crippen LogP contribution in [0.4, 0.5) is 13.2 Å². The van der Waals surface area contributed by atoms with Crippen molar-refractivity contribution in [2.24, 2.45) is 17.3 Å². The van der Waals surface area contributed by atoms with Crippen LogP contribution in [0.5, 0.6) is 5.75 Å². The third-order valence-corrected chi connectivity index (χ3v) is 9.51. The Labute approximate surface area is 181 Å². The molecule has 1 saturated heterocycles. The average molecular weight is 460 g/mol. The van der Waals surface area contributed by atoms with E-state index in [0.29, 0.717) is 24.5 Å². The number of alkyl halides is 3. The molecule has 5 atom stereocenters. The van der Waals surface area contributed by atoms with Gasteiger partial charge >= 0.3 is 15.6 Å². The molecule has 0 aromatic heterocycles. The Morgan fingerprint density at radius 3 is 2.74 bits per heavy atom. The van der Waals surface area contributed by atoms with Gasteiger partial charge in [-0.25, -0.2) is 0 Å². The molecule has 31 heavy (non-hydrogen) atoms. The SMILES string of the molecule is COCCN1CC2C34CCCC[C@H]3[C@H]1[C@@]2(C)Cc1ccc(OS(=O)(=O)C(F)(F)F)cc14. The zero-order chi connectivity index (χ0) is 22.2. The van der Waals surface area contributed by atoms with E-state index >= 15 is 0 Å². The molecule has 1 aromatic rings. The molecule has 4 aliphatic rings. The predicted octanol–water partition coefficient (Wildman–Crippen LogP) is 3.87. The lowest BCUT2D eigenvalue weighted by molar-refractivity contribution is -0.0500. The maximum absolute atomic E-state index is 12.9. The lowest BCUT2D eigenvalue weighted by Gasteiger charge is -2.52. The molecular weight excluding hydrogens is 431 g/mol. The van der Waals surface area contributed by atoms with E-state index in [-0.39, 0.29) is 16.6 Å². The maximum Gasteiger partial charge on any atom is 0.534 e. The smallest absolute Gasteiger partial charge is 0.383 e. The maximum atomic E-state index is 12.9. The van der Waals surface area contributed by atoms with Gasteiger partial charge in [0.25, 0.3) is 0 Å². The van der Waals surface area contributed by atoms with E-state index in [4.69, 9.17) is 4.74 Å². The predicted molar refractivity (Wildman–Crippen MR) is 108 cm³/mol. The molecule has 5 nitrogen and oxygen atoms in total. The molecule has 2 saturated carbocycles. The first-order valence-electron chi connectivity index (χ1n) is 10.9. The molecule has 4 bridgehead atoms. The fourth-order valence-electron chi connectivity index (χ4n) is 7.71. The molecule has 1 aliphatic heterocycles. The van der Waals surface area contributed by atoms with Crippen LogP contribution >= 0.6 is 0 Å². The van der Waals surface area contributed by atoms with Crippen LogP contribution in [-0.4, -0.2) is 51.7 Å². The third-order valence-electron chi connectivity index (χ3n) is 8.53. The van der Waals surface area contributed by atoms with Crippen molar-refractivity contribution in [3.05, 3.63) is 29.3 Å². The Kier molecular flexibility index (Phi) is 4.75. The van der Waals surface area contributed by atoms with Gasteiger partial charge in [-0.2, -0.15) is 21.6 Å². The highest BCUT2D eigenvalue weighted by Gasteiger charge is 2.73. The quantitative estimate of drug-likeness (QED) is 0.494. The second kappa shape index (κ2) is 6.84. The van der Waals surface area contributed by atoms with Crippen LogP contribution < -0.4 is 4.18 Å². The molecule has 172 valence electrons. The van der Waals surface area contributed by atoms with Gasteiger partial charge in [0, 0.05) is 31.7 Å². The molecule has 1 spiro atoms. The van der Waals surface area contributed by atoms with Gasteiger partial charge in [0.05, 0.1) is 6.61 Å². The van der Waals surface area contributed by atoms with Crippen molar-refractivity contribution in [1.82, 2.24) is 4.90 Å². The number of hydrogen-bond donors (Lipinski definition) is 0.